The van der Waals surface area contributed by atoms with Crippen LogP contribution in [0, 0.1) is 0 Å². The standard InChI is InChI=1S/C21H25N5O3/c1-3-17(29-16-6-4-15(28-2)5-7-16)21(27)26-12-8-14(9-13-26)18-19-20(25-24-18)23-11-10-22-19/h4-7,10-11,14,17H,3,8-9,12-13H2,1-2H3,(H,23,24,25). The molecule has 1 amide bonds. The van der Waals surface area contributed by atoms with Gasteiger partial charge in [0.25, 0.3) is 5.91 Å². The van der Waals surface area contributed by atoms with Gasteiger partial charge in [-0.3, -0.25) is 9.89 Å². The van der Waals surface area contributed by atoms with Crippen LogP contribution in [-0.4, -0.2) is 57.3 Å². The molecule has 1 N–H and O–H groups in total. The summed E-state index contributed by atoms with van der Waals surface area (Å²) in [6.07, 6.45) is 5.17. The number of ether oxygens (including phenoxy) is 2. The number of nitrogens with one attached hydrogen (secondary N) is 1. The van der Waals surface area contributed by atoms with E-state index in [1.165, 1.54) is 0 Å². The van der Waals surface area contributed by atoms with Gasteiger partial charge >= 0.3 is 0 Å². The second kappa shape index (κ2) is 8.46. The highest BCUT2D eigenvalue weighted by atomic mass is 16.5. The van der Waals surface area contributed by atoms with Gasteiger partial charge < -0.3 is 14.4 Å². The lowest BCUT2D eigenvalue weighted by Crippen LogP contribution is -2.45. The van der Waals surface area contributed by atoms with E-state index in [1.807, 2.05) is 36.1 Å². The summed E-state index contributed by atoms with van der Waals surface area (Å²) < 4.78 is 11.1. The Labute approximate surface area is 169 Å². The summed E-state index contributed by atoms with van der Waals surface area (Å²) in [4.78, 5) is 23.5. The minimum absolute atomic E-state index is 0.0380. The highest BCUT2D eigenvalue weighted by molar-refractivity contribution is 5.81. The van der Waals surface area contributed by atoms with Gasteiger partial charge in [-0.1, -0.05) is 6.92 Å². The summed E-state index contributed by atoms with van der Waals surface area (Å²) in [5.74, 6) is 1.76. The van der Waals surface area contributed by atoms with Crippen LogP contribution in [0.3, 0.4) is 0 Å². The average Bonchev–Trinajstić information content (AvgIpc) is 3.22. The van der Waals surface area contributed by atoms with Gasteiger partial charge in [0.1, 0.15) is 17.0 Å². The predicted molar refractivity (Wildman–Crippen MR) is 108 cm³/mol. The number of fused-ring (bicyclic) bond motifs is 1. The summed E-state index contributed by atoms with van der Waals surface area (Å²) in [6.45, 7) is 3.34. The van der Waals surface area contributed by atoms with Crippen molar-refractivity contribution < 1.29 is 14.3 Å². The molecule has 152 valence electrons. The molecule has 0 radical (unpaired) electrons. The van der Waals surface area contributed by atoms with Gasteiger partial charge in [-0.05, 0) is 43.5 Å². The number of aromatic nitrogens is 4. The van der Waals surface area contributed by atoms with Crippen molar-refractivity contribution >= 4 is 17.1 Å². The monoisotopic (exact) mass is 395 g/mol. The van der Waals surface area contributed by atoms with Crippen LogP contribution in [0.5, 0.6) is 11.5 Å². The number of benzene rings is 1. The molecular formula is C21H25N5O3. The van der Waals surface area contributed by atoms with Crippen LogP contribution in [0.2, 0.25) is 0 Å². The van der Waals surface area contributed by atoms with Crippen molar-refractivity contribution in [2.75, 3.05) is 20.2 Å². The van der Waals surface area contributed by atoms with E-state index >= 15 is 0 Å². The lowest BCUT2D eigenvalue weighted by Gasteiger charge is -2.33. The summed E-state index contributed by atoms with van der Waals surface area (Å²) >= 11 is 0. The first kappa shape index (κ1) is 19.2. The third kappa shape index (κ3) is 4.01. The SMILES string of the molecule is CCC(Oc1ccc(OC)cc1)C(=O)N1CCC(c2[nH]nc3nccnc23)CC1. The number of aromatic amines is 1. The number of carbonyl (C=O) groups excluding carboxylic acids is 1. The lowest BCUT2D eigenvalue weighted by molar-refractivity contribution is -0.140. The van der Waals surface area contributed by atoms with Crippen LogP contribution in [0.25, 0.3) is 11.2 Å². The molecule has 3 heterocycles. The molecule has 1 fully saturated rings. The van der Waals surface area contributed by atoms with Gasteiger partial charge in [0.2, 0.25) is 0 Å². The second-order valence-electron chi connectivity index (χ2n) is 7.16. The number of carbonyl (C=O) groups is 1. The molecule has 8 heteroatoms. The first-order valence-corrected chi connectivity index (χ1v) is 9.94. The maximum Gasteiger partial charge on any atom is 0.263 e. The quantitative estimate of drug-likeness (QED) is 0.690. The number of nitrogens with zero attached hydrogens (tertiary/aromatic N) is 4. The Morgan fingerprint density at radius 1 is 1.17 bits per heavy atom. The highest BCUT2D eigenvalue weighted by Crippen LogP contribution is 2.30. The summed E-state index contributed by atoms with van der Waals surface area (Å²) in [5.41, 5.74) is 2.48. The number of amides is 1. The Balaban J connectivity index is 1.38. The number of H-pyrrole nitrogens is 1. The Morgan fingerprint density at radius 2 is 1.86 bits per heavy atom. The maximum atomic E-state index is 13.0. The zero-order chi connectivity index (χ0) is 20.2. The van der Waals surface area contributed by atoms with Crippen molar-refractivity contribution in [3.8, 4) is 11.5 Å². The first-order valence-electron chi connectivity index (χ1n) is 9.94. The van der Waals surface area contributed by atoms with Crippen LogP contribution >= 0.6 is 0 Å². The zero-order valence-corrected chi connectivity index (χ0v) is 16.7. The Bertz CT molecular complexity index is 964. The number of likely N-dealkylation sites (tertiary alicyclic amines) is 1. The molecule has 0 spiro atoms. The number of hydrogen-bond acceptors (Lipinski definition) is 6. The molecule has 1 atom stereocenters. The lowest BCUT2D eigenvalue weighted by atomic mass is 9.92. The van der Waals surface area contributed by atoms with E-state index in [2.05, 4.69) is 20.2 Å². The summed E-state index contributed by atoms with van der Waals surface area (Å²) in [7, 11) is 1.62. The normalized spacial score (nSPS) is 16.0. The van der Waals surface area contributed by atoms with Gasteiger partial charge in [0.15, 0.2) is 11.8 Å². The van der Waals surface area contributed by atoms with Gasteiger partial charge in [0.05, 0.1) is 12.8 Å². The largest absolute Gasteiger partial charge is 0.497 e. The molecule has 1 saturated heterocycles. The van der Waals surface area contributed by atoms with Crippen molar-refractivity contribution in [3.05, 3.63) is 42.4 Å². The van der Waals surface area contributed by atoms with E-state index in [-0.39, 0.29) is 5.91 Å². The Morgan fingerprint density at radius 3 is 2.55 bits per heavy atom. The van der Waals surface area contributed by atoms with Crippen LogP contribution < -0.4 is 9.47 Å². The van der Waals surface area contributed by atoms with Crippen LogP contribution in [0.15, 0.2) is 36.7 Å². The third-order valence-electron chi connectivity index (χ3n) is 5.42. The van der Waals surface area contributed by atoms with E-state index in [0.717, 1.165) is 29.8 Å². The first-order chi connectivity index (χ1) is 14.2. The fourth-order valence-corrected chi connectivity index (χ4v) is 3.77. The van der Waals surface area contributed by atoms with Crippen molar-refractivity contribution in [2.24, 2.45) is 0 Å². The molecule has 2 aromatic heterocycles. The van der Waals surface area contributed by atoms with Crippen LogP contribution in [-0.2, 0) is 4.79 Å². The van der Waals surface area contributed by atoms with Crippen molar-refractivity contribution in [1.29, 1.82) is 0 Å². The smallest absolute Gasteiger partial charge is 0.263 e. The zero-order valence-electron chi connectivity index (χ0n) is 16.7. The average molecular weight is 395 g/mol. The fraction of sp³-hybridized carbons (Fsp3) is 0.429. The molecule has 29 heavy (non-hydrogen) atoms. The van der Waals surface area contributed by atoms with E-state index in [4.69, 9.17) is 9.47 Å². The molecular weight excluding hydrogens is 370 g/mol. The van der Waals surface area contributed by atoms with Crippen molar-refractivity contribution in [3.63, 3.8) is 0 Å². The number of hydrogen-bond donors (Lipinski definition) is 1. The Kier molecular flexibility index (Phi) is 5.59. The number of piperidine rings is 1. The Hall–Kier alpha value is -3.16. The second-order valence-corrected chi connectivity index (χ2v) is 7.16. The van der Waals surface area contributed by atoms with Gasteiger partial charge in [0, 0.05) is 31.4 Å². The molecule has 1 unspecified atom stereocenters. The maximum absolute atomic E-state index is 13.0. The molecule has 1 aromatic carbocycles. The molecule has 0 aliphatic carbocycles. The highest BCUT2D eigenvalue weighted by Gasteiger charge is 2.30. The molecule has 1 aliphatic heterocycles. The van der Waals surface area contributed by atoms with Crippen molar-refractivity contribution in [2.45, 2.75) is 38.2 Å². The van der Waals surface area contributed by atoms with E-state index in [1.54, 1.807) is 19.5 Å². The van der Waals surface area contributed by atoms with Crippen LogP contribution in [0.1, 0.15) is 37.8 Å². The van der Waals surface area contributed by atoms with Gasteiger partial charge in [-0.2, -0.15) is 5.10 Å². The number of methoxy groups -OCH3 is 1. The van der Waals surface area contributed by atoms with Crippen molar-refractivity contribution in [1.82, 2.24) is 25.1 Å². The molecule has 3 aromatic rings. The molecule has 8 nitrogen and oxygen atoms in total. The summed E-state index contributed by atoms with van der Waals surface area (Å²) in [6, 6.07) is 7.31. The number of rotatable bonds is 6. The van der Waals surface area contributed by atoms with E-state index in [9.17, 15) is 4.79 Å². The van der Waals surface area contributed by atoms with Gasteiger partial charge in [-0.15, -0.1) is 0 Å². The van der Waals surface area contributed by atoms with E-state index in [0.29, 0.717) is 36.8 Å². The van der Waals surface area contributed by atoms with Gasteiger partial charge in [-0.25, -0.2) is 9.97 Å². The minimum Gasteiger partial charge on any atom is -0.497 e. The van der Waals surface area contributed by atoms with E-state index < -0.39 is 6.10 Å². The fourth-order valence-electron chi connectivity index (χ4n) is 3.77. The summed E-state index contributed by atoms with van der Waals surface area (Å²) in [5, 5.41) is 7.33. The molecule has 0 bridgehead atoms. The molecule has 0 saturated carbocycles. The third-order valence-corrected chi connectivity index (χ3v) is 5.42. The topological polar surface area (TPSA) is 93.2 Å². The minimum atomic E-state index is -0.487. The predicted octanol–water partition coefficient (Wildman–Crippen LogP) is 2.93. The molecule has 1 aliphatic rings. The van der Waals surface area contributed by atoms with Crippen LogP contribution in [0.4, 0.5) is 0 Å². The molecule has 4 rings (SSSR count).